The van der Waals surface area contributed by atoms with E-state index in [1.165, 1.54) is 24.3 Å². The summed E-state index contributed by atoms with van der Waals surface area (Å²) in [6.07, 6.45) is -11.1. The molecule has 2 heterocycles. The molecule has 0 aliphatic carbocycles. The van der Waals surface area contributed by atoms with Crippen LogP contribution in [0.5, 0.6) is 5.88 Å². The summed E-state index contributed by atoms with van der Waals surface area (Å²) in [5.74, 6) is -1.10. The van der Waals surface area contributed by atoms with Crippen LogP contribution in [0.4, 0.5) is 26.3 Å². The summed E-state index contributed by atoms with van der Waals surface area (Å²) in [5.41, 5.74) is -0.996. The highest BCUT2D eigenvalue weighted by Gasteiger charge is 2.39. The molecule has 1 aromatic carbocycles. The van der Waals surface area contributed by atoms with E-state index in [0.29, 0.717) is 10.2 Å². The second kappa shape index (κ2) is 5.92. The molecule has 1 aromatic heterocycles. The van der Waals surface area contributed by atoms with Crippen LogP contribution in [-0.4, -0.2) is 22.4 Å². The fourth-order valence-electron chi connectivity index (χ4n) is 2.17. The summed E-state index contributed by atoms with van der Waals surface area (Å²) >= 11 is 0. The van der Waals surface area contributed by atoms with E-state index in [0.717, 1.165) is 0 Å². The van der Waals surface area contributed by atoms with Gasteiger partial charge in [-0.15, -0.1) is 13.2 Å². The minimum atomic E-state index is -5.16. The number of ether oxygens (including phenoxy) is 3. The van der Waals surface area contributed by atoms with E-state index >= 15 is 0 Å². The van der Waals surface area contributed by atoms with E-state index in [1.54, 1.807) is 6.92 Å². The first-order chi connectivity index (χ1) is 11.5. The molecule has 1 aliphatic heterocycles. The number of halogens is 6. The number of alkyl halides is 6. The lowest BCUT2D eigenvalue weighted by molar-refractivity contribution is -0.382. The summed E-state index contributed by atoms with van der Waals surface area (Å²) < 4.78 is 90.1. The van der Waals surface area contributed by atoms with Gasteiger partial charge >= 0.3 is 12.5 Å². The second-order valence-electron chi connectivity index (χ2n) is 5.09. The predicted molar refractivity (Wildman–Crippen MR) is 69.6 cm³/mol. The number of rotatable bonds is 3. The van der Waals surface area contributed by atoms with Crippen molar-refractivity contribution < 1.29 is 40.6 Å². The largest absolute Gasteiger partial charge is 0.574 e. The maximum Gasteiger partial charge on any atom is 0.574 e. The van der Waals surface area contributed by atoms with Gasteiger partial charge in [0.2, 0.25) is 5.88 Å². The van der Waals surface area contributed by atoms with Gasteiger partial charge in [0, 0.05) is 11.6 Å². The van der Waals surface area contributed by atoms with Crippen molar-refractivity contribution in [3.8, 4) is 11.6 Å². The van der Waals surface area contributed by atoms with E-state index in [1.807, 2.05) is 0 Å². The summed E-state index contributed by atoms with van der Waals surface area (Å²) in [6, 6.07) is 5.63. The Morgan fingerprint density at radius 2 is 1.64 bits per heavy atom. The van der Waals surface area contributed by atoms with Crippen LogP contribution in [0.15, 0.2) is 30.3 Å². The molecule has 0 atom stereocenters. The molecule has 0 N–H and O–H groups in total. The average Bonchev–Trinajstić information content (AvgIpc) is 2.86. The predicted octanol–water partition coefficient (Wildman–Crippen LogP) is 4.18. The first kappa shape index (κ1) is 17.5. The number of nitrogens with zero attached hydrogens (tertiary/aromatic N) is 2. The Balaban J connectivity index is 1.93. The molecule has 0 saturated carbocycles. The number of aromatic nitrogens is 2. The van der Waals surface area contributed by atoms with Crippen LogP contribution < -0.4 is 4.74 Å². The normalized spacial score (nSPS) is 21.1. The summed E-state index contributed by atoms with van der Waals surface area (Å²) in [5, 5.41) is 3.16. The van der Waals surface area contributed by atoms with Crippen LogP contribution in [0.1, 0.15) is 24.5 Å². The van der Waals surface area contributed by atoms with Crippen molar-refractivity contribution in [3.63, 3.8) is 0 Å². The Morgan fingerprint density at radius 3 is 2.12 bits per heavy atom. The molecule has 0 spiro atoms. The minimum absolute atomic E-state index is 0.0501. The van der Waals surface area contributed by atoms with Crippen molar-refractivity contribution >= 4 is 0 Å². The zero-order valence-electron chi connectivity index (χ0n) is 12.4. The van der Waals surface area contributed by atoms with E-state index in [-0.39, 0.29) is 18.0 Å². The smallest absolute Gasteiger partial charge is 0.388 e. The third kappa shape index (κ3) is 3.87. The summed E-state index contributed by atoms with van der Waals surface area (Å²) in [7, 11) is 0. The van der Waals surface area contributed by atoms with Gasteiger partial charge in [-0.1, -0.05) is 12.1 Å². The van der Waals surface area contributed by atoms with Gasteiger partial charge in [0.1, 0.15) is 0 Å². The first-order valence-corrected chi connectivity index (χ1v) is 6.87. The van der Waals surface area contributed by atoms with Crippen LogP contribution >= 0.6 is 0 Å². The van der Waals surface area contributed by atoms with Gasteiger partial charge in [0.15, 0.2) is 18.3 Å². The fraction of sp³-hybridized carbons (Fsp3) is 0.357. The van der Waals surface area contributed by atoms with Gasteiger partial charge in [-0.25, -0.2) is 4.68 Å². The van der Waals surface area contributed by atoms with Gasteiger partial charge in [-0.05, 0) is 19.1 Å². The molecule has 0 bridgehead atoms. The van der Waals surface area contributed by atoms with Crippen LogP contribution in [-0.2, 0) is 15.7 Å². The standard InChI is InChI=1S/C14H10F6N2O3/c1-7-23-12(24-7)8-2-4-9(5-3-8)22-11(25-14(18,19)20)6-10(21-22)13(15,16)17/h2-7,12H,1H3. The quantitative estimate of drug-likeness (QED) is 0.763. The molecule has 25 heavy (non-hydrogen) atoms. The van der Waals surface area contributed by atoms with Crippen LogP contribution in [0.3, 0.4) is 0 Å². The molecule has 1 fully saturated rings. The Labute approximate surface area is 136 Å². The van der Waals surface area contributed by atoms with Crippen LogP contribution in [0.2, 0.25) is 0 Å². The van der Waals surface area contributed by atoms with Crippen LogP contribution in [0.25, 0.3) is 5.69 Å². The Bertz CT molecular complexity index is 747. The van der Waals surface area contributed by atoms with Crippen molar-refractivity contribution in [2.45, 2.75) is 32.0 Å². The van der Waals surface area contributed by atoms with Gasteiger partial charge < -0.3 is 14.2 Å². The summed E-state index contributed by atoms with van der Waals surface area (Å²) in [6.45, 7) is 1.67. The number of benzene rings is 1. The minimum Gasteiger partial charge on any atom is -0.388 e. The molecular weight excluding hydrogens is 358 g/mol. The highest BCUT2D eigenvalue weighted by atomic mass is 19.4. The molecule has 5 nitrogen and oxygen atoms in total. The van der Waals surface area contributed by atoms with E-state index in [4.69, 9.17) is 9.47 Å². The van der Waals surface area contributed by atoms with Crippen molar-refractivity contribution in [1.82, 2.24) is 9.78 Å². The monoisotopic (exact) mass is 368 g/mol. The molecular formula is C14H10F6N2O3. The lowest BCUT2D eigenvalue weighted by Gasteiger charge is -2.33. The fourth-order valence-corrected chi connectivity index (χ4v) is 2.17. The molecule has 2 aromatic rings. The number of hydrogen-bond acceptors (Lipinski definition) is 4. The van der Waals surface area contributed by atoms with Crippen molar-refractivity contribution in [2.24, 2.45) is 0 Å². The lowest BCUT2D eigenvalue weighted by Crippen LogP contribution is -2.31. The highest BCUT2D eigenvalue weighted by molar-refractivity contribution is 5.39. The zero-order valence-corrected chi connectivity index (χ0v) is 12.4. The Hall–Kier alpha value is -2.27. The first-order valence-electron chi connectivity index (χ1n) is 6.87. The third-order valence-electron chi connectivity index (χ3n) is 3.23. The Kier molecular flexibility index (Phi) is 4.15. The molecule has 1 aliphatic rings. The van der Waals surface area contributed by atoms with Gasteiger partial charge in [0.05, 0.1) is 5.69 Å². The topological polar surface area (TPSA) is 45.5 Å². The van der Waals surface area contributed by atoms with Gasteiger partial charge in [-0.2, -0.15) is 18.3 Å². The Morgan fingerprint density at radius 1 is 1.04 bits per heavy atom. The van der Waals surface area contributed by atoms with Crippen molar-refractivity contribution in [3.05, 3.63) is 41.6 Å². The molecule has 1 saturated heterocycles. The second-order valence-corrected chi connectivity index (χ2v) is 5.09. The molecule has 0 radical (unpaired) electrons. The molecule has 11 heteroatoms. The van der Waals surface area contributed by atoms with Crippen molar-refractivity contribution in [1.29, 1.82) is 0 Å². The number of hydrogen-bond donors (Lipinski definition) is 0. The van der Waals surface area contributed by atoms with Crippen molar-refractivity contribution in [2.75, 3.05) is 0 Å². The molecule has 136 valence electrons. The maximum absolute atomic E-state index is 12.7. The van der Waals surface area contributed by atoms with Gasteiger partial charge in [-0.3, -0.25) is 0 Å². The average molecular weight is 368 g/mol. The van der Waals surface area contributed by atoms with Crippen LogP contribution in [0, 0.1) is 0 Å². The SMILES string of the molecule is CC1OC(c2ccc(-n3nc(C(F)(F)F)cc3OC(F)(F)F)cc2)O1. The summed E-state index contributed by atoms with van der Waals surface area (Å²) in [4.78, 5) is 0. The third-order valence-corrected chi connectivity index (χ3v) is 3.23. The van der Waals surface area contributed by atoms with E-state index < -0.39 is 30.4 Å². The van der Waals surface area contributed by atoms with E-state index in [2.05, 4.69) is 9.84 Å². The lowest BCUT2D eigenvalue weighted by atomic mass is 10.2. The van der Waals surface area contributed by atoms with E-state index in [9.17, 15) is 26.3 Å². The highest BCUT2D eigenvalue weighted by Crippen LogP contribution is 2.35. The maximum atomic E-state index is 12.7. The molecule has 0 amide bonds. The zero-order chi connectivity index (χ0) is 18.4. The molecule has 0 unspecified atom stereocenters. The van der Waals surface area contributed by atoms with Gasteiger partial charge in [0.25, 0.3) is 0 Å². The molecule has 3 rings (SSSR count).